The number of nitrogens with two attached hydrogens (primary N) is 1. The summed E-state index contributed by atoms with van der Waals surface area (Å²) in [5.74, 6) is 1.30. The third kappa shape index (κ3) is 1.42. The van der Waals surface area contributed by atoms with Crippen LogP contribution in [0.3, 0.4) is 0 Å². The first kappa shape index (κ1) is 10.6. The van der Waals surface area contributed by atoms with E-state index < -0.39 is 0 Å². The van der Waals surface area contributed by atoms with Crippen molar-refractivity contribution in [1.82, 2.24) is 0 Å². The van der Waals surface area contributed by atoms with Gasteiger partial charge in [-0.3, -0.25) is 0 Å². The second kappa shape index (κ2) is 3.76. The number of rotatable bonds is 1. The van der Waals surface area contributed by atoms with E-state index in [-0.39, 0.29) is 12.0 Å². The number of benzene rings is 1. The van der Waals surface area contributed by atoms with Gasteiger partial charge in [-0.25, -0.2) is 0 Å². The number of halogens is 2. The van der Waals surface area contributed by atoms with Crippen LogP contribution in [0.15, 0.2) is 30.4 Å². The van der Waals surface area contributed by atoms with Crippen LogP contribution in [0.4, 0.5) is 0 Å². The molecule has 1 aromatic rings. The molecular formula is C13H13Cl2N. The molecule has 1 saturated carbocycles. The lowest BCUT2D eigenvalue weighted by Crippen LogP contribution is -2.32. The van der Waals surface area contributed by atoms with E-state index in [0.717, 1.165) is 22.0 Å². The van der Waals surface area contributed by atoms with Gasteiger partial charge in [-0.1, -0.05) is 41.4 Å². The molecule has 0 radical (unpaired) electrons. The van der Waals surface area contributed by atoms with Crippen molar-refractivity contribution in [3.8, 4) is 0 Å². The van der Waals surface area contributed by atoms with Crippen LogP contribution in [0.1, 0.15) is 17.9 Å². The predicted molar refractivity (Wildman–Crippen MR) is 67.9 cm³/mol. The minimum Gasteiger partial charge on any atom is -0.327 e. The van der Waals surface area contributed by atoms with Gasteiger partial charge in [0.05, 0.1) is 0 Å². The molecule has 2 N–H and O–H groups in total. The van der Waals surface area contributed by atoms with Gasteiger partial charge in [0.25, 0.3) is 0 Å². The third-order valence-electron chi connectivity index (χ3n) is 3.85. The monoisotopic (exact) mass is 253 g/mol. The summed E-state index contributed by atoms with van der Waals surface area (Å²) in [5, 5.41) is 1.49. The number of fused-ring (bicyclic) bond motifs is 2. The van der Waals surface area contributed by atoms with Gasteiger partial charge in [-0.15, -0.1) is 0 Å². The van der Waals surface area contributed by atoms with Gasteiger partial charge >= 0.3 is 0 Å². The van der Waals surface area contributed by atoms with Gasteiger partial charge in [0.15, 0.2) is 0 Å². The first-order valence-electron chi connectivity index (χ1n) is 5.56. The van der Waals surface area contributed by atoms with E-state index in [1.807, 2.05) is 18.2 Å². The summed E-state index contributed by atoms with van der Waals surface area (Å²) in [6.45, 7) is 0. The summed E-state index contributed by atoms with van der Waals surface area (Å²) >= 11 is 12.5. The second-order valence-corrected chi connectivity index (χ2v) is 5.50. The highest BCUT2D eigenvalue weighted by molar-refractivity contribution is 6.36. The number of allylic oxidation sites excluding steroid dienone is 1. The molecular weight excluding hydrogens is 241 g/mol. The molecule has 4 atom stereocenters. The lowest BCUT2D eigenvalue weighted by molar-refractivity contribution is 0.504. The molecule has 1 fully saturated rings. The molecule has 16 heavy (non-hydrogen) atoms. The Labute approximate surface area is 105 Å². The van der Waals surface area contributed by atoms with Crippen molar-refractivity contribution in [3.05, 3.63) is 46.0 Å². The molecule has 2 aliphatic carbocycles. The molecule has 0 spiro atoms. The molecule has 0 saturated heterocycles. The Bertz CT molecular complexity index is 435. The maximum Gasteiger partial charge on any atom is 0.0456 e. The molecule has 0 heterocycles. The second-order valence-electron chi connectivity index (χ2n) is 4.69. The molecule has 84 valence electrons. The molecule has 3 heteroatoms. The van der Waals surface area contributed by atoms with Crippen molar-refractivity contribution in [1.29, 1.82) is 0 Å². The normalized spacial score (nSPS) is 35.9. The van der Waals surface area contributed by atoms with Crippen LogP contribution in [0.5, 0.6) is 0 Å². The Kier molecular flexibility index (Phi) is 2.50. The first-order valence-corrected chi connectivity index (χ1v) is 6.32. The van der Waals surface area contributed by atoms with E-state index in [0.29, 0.717) is 11.8 Å². The summed E-state index contributed by atoms with van der Waals surface area (Å²) in [4.78, 5) is 0. The van der Waals surface area contributed by atoms with Crippen molar-refractivity contribution < 1.29 is 0 Å². The highest BCUT2D eigenvalue weighted by atomic mass is 35.5. The minimum atomic E-state index is 0.160. The average Bonchev–Trinajstić information content (AvgIpc) is 2.81. The Morgan fingerprint density at radius 3 is 2.25 bits per heavy atom. The van der Waals surface area contributed by atoms with Crippen LogP contribution in [0, 0.1) is 11.8 Å². The third-order valence-corrected chi connectivity index (χ3v) is 4.51. The standard InChI is InChI=1S/C13H13Cl2N/c14-9-2-1-3-10(15)12(9)11-7-4-5-8(6-7)13(11)16/h1-5,7-8,11,13H,6,16H2/t7-,8+,11?,13-/m0/s1. The van der Waals surface area contributed by atoms with Crippen molar-refractivity contribution in [2.75, 3.05) is 0 Å². The number of hydrogen-bond acceptors (Lipinski definition) is 1. The molecule has 2 bridgehead atoms. The molecule has 3 rings (SSSR count). The summed E-state index contributed by atoms with van der Waals surface area (Å²) in [6.07, 6.45) is 5.64. The lowest BCUT2D eigenvalue weighted by atomic mass is 9.83. The zero-order valence-corrected chi connectivity index (χ0v) is 10.2. The fourth-order valence-electron chi connectivity index (χ4n) is 3.10. The van der Waals surface area contributed by atoms with Crippen LogP contribution in [-0.2, 0) is 0 Å². The van der Waals surface area contributed by atoms with Gasteiger partial charge in [-0.2, -0.15) is 0 Å². The summed E-state index contributed by atoms with van der Waals surface area (Å²) in [7, 11) is 0. The fraction of sp³-hybridized carbons (Fsp3) is 0.385. The van der Waals surface area contributed by atoms with Gasteiger partial charge in [0, 0.05) is 22.0 Å². The van der Waals surface area contributed by atoms with Crippen molar-refractivity contribution in [2.24, 2.45) is 17.6 Å². The Balaban J connectivity index is 2.08. The van der Waals surface area contributed by atoms with Crippen LogP contribution >= 0.6 is 23.2 Å². The maximum atomic E-state index is 6.27. The molecule has 0 aliphatic heterocycles. The van der Waals surface area contributed by atoms with Crippen molar-refractivity contribution in [2.45, 2.75) is 18.4 Å². The first-order chi connectivity index (χ1) is 7.68. The van der Waals surface area contributed by atoms with E-state index in [2.05, 4.69) is 12.2 Å². The molecule has 1 unspecified atom stereocenters. The van der Waals surface area contributed by atoms with Gasteiger partial charge in [0.1, 0.15) is 0 Å². The molecule has 2 aliphatic rings. The molecule has 0 amide bonds. The SMILES string of the molecule is N[C@@H]1C(c2c(Cl)cccc2Cl)[C@H]2C=C[C@@H]1C2. The Morgan fingerprint density at radius 2 is 1.69 bits per heavy atom. The summed E-state index contributed by atoms with van der Waals surface area (Å²) in [5.41, 5.74) is 7.30. The van der Waals surface area contributed by atoms with Crippen LogP contribution in [0.2, 0.25) is 10.0 Å². The van der Waals surface area contributed by atoms with Gasteiger partial charge in [0.2, 0.25) is 0 Å². The van der Waals surface area contributed by atoms with Crippen LogP contribution in [0.25, 0.3) is 0 Å². The summed E-state index contributed by atoms with van der Waals surface area (Å²) in [6, 6.07) is 5.83. The topological polar surface area (TPSA) is 26.0 Å². The lowest BCUT2D eigenvalue weighted by Gasteiger charge is -2.26. The zero-order valence-electron chi connectivity index (χ0n) is 8.74. The minimum absolute atomic E-state index is 0.160. The van der Waals surface area contributed by atoms with Gasteiger partial charge < -0.3 is 5.73 Å². The van der Waals surface area contributed by atoms with Crippen LogP contribution < -0.4 is 5.73 Å². The molecule has 1 nitrogen and oxygen atoms in total. The molecule has 0 aromatic heterocycles. The highest BCUT2D eigenvalue weighted by Gasteiger charge is 2.44. The van der Waals surface area contributed by atoms with Crippen LogP contribution in [-0.4, -0.2) is 6.04 Å². The van der Waals surface area contributed by atoms with E-state index in [4.69, 9.17) is 28.9 Å². The predicted octanol–water partition coefficient (Wildman–Crippen LogP) is 3.61. The van der Waals surface area contributed by atoms with E-state index in [9.17, 15) is 0 Å². The van der Waals surface area contributed by atoms with E-state index in [1.165, 1.54) is 0 Å². The van der Waals surface area contributed by atoms with Gasteiger partial charge in [-0.05, 0) is 36.0 Å². The Hall–Kier alpha value is -0.500. The maximum absolute atomic E-state index is 6.27. The largest absolute Gasteiger partial charge is 0.327 e. The fourth-order valence-corrected chi connectivity index (χ4v) is 3.75. The smallest absolute Gasteiger partial charge is 0.0456 e. The zero-order chi connectivity index (χ0) is 11.3. The van der Waals surface area contributed by atoms with Crippen molar-refractivity contribution >= 4 is 23.2 Å². The highest BCUT2D eigenvalue weighted by Crippen LogP contribution is 2.51. The quantitative estimate of drug-likeness (QED) is 0.761. The van der Waals surface area contributed by atoms with E-state index >= 15 is 0 Å². The summed E-state index contributed by atoms with van der Waals surface area (Å²) < 4.78 is 0. The Morgan fingerprint density at radius 1 is 1.06 bits per heavy atom. The average molecular weight is 254 g/mol. The molecule has 1 aromatic carbocycles. The van der Waals surface area contributed by atoms with Crippen molar-refractivity contribution in [3.63, 3.8) is 0 Å². The number of hydrogen-bond donors (Lipinski definition) is 1. The van der Waals surface area contributed by atoms with E-state index in [1.54, 1.807) is 0 Å².